The lowest BCUT2D eigenvalue weighted by molar-refractivity contribution is 0.442. The standard InChI is InChI=1S/C12H7ClFN3O/c13-12-5-9(4-8(6-15)17-12)18-11-2-1-7(16)3-10(11)14/h1-5H,16H2. The van der Waals surface area contributed by atoms with E-state index < -0.39 is 5.82 Å². The van der Waals surface area contributed by atoms with Crippen molar-refractivity contribution in [2.24, 2.45) is 0 Å². The van der Waals surface area contributed by atoms with Crippen LogP contribution in [0.25, 0.3) is 0 Å². The maximum atomic E-state index is 13.5. The molecular weight excluding hydrogens is 257 g/mol. The van der Waals surface area contributed by atoms with Crippen LogP contribution in [0.15, 0.2) is 30.3 Å². The summed E-state index contributed by atoms with van der Waals surface area (Å²) in [7, 11) is 0. The number of hydrogen-bond acceptors (Lipinski definition) is 4. The van der Waals surface area contributed by atoms with E-state index in [9.17, 15) is 4.39 Å². The van der Waals surface area contributed by atoms with Crippen LogP contribution in [-0.2, 0) is 0 Å². The van der Waals surface area contributed by atoms with E-state index in [1.807, 2.05) is 6.07 Å². The zero-order valence-electron chi connectivity index (χ0n) is 9.02. The fourth-order valence-corrected chi connectivity index (χ4v) is 1.52. The van der Waals surface area contributed by atoms with Gasteiger partial charge in [0.2, 0.25) is 0 Å². The van der Waals surface area contributed by atoms with Gasteiger partial charge in [-0.2, -0.15) is 5.26 Å². The van der Waals surface area contributed by atoms with Crippen molar-refractivity contribution in [2.45, 2.75) is 0 Å². The Balaban J connectivity index is 2.34. The van der Waals surface area contributed by atoms with Crippen molar-refractivity contribution >= 4 is 17.3 Å². The molecule has 2 aromatic rings. The fourth-order valence-electron chi connectivity index (χ4n) is 1.32. The Morgan fingerprint density at radius 2 is 2.11 bits per heavy atom. The molecule has 2 N–H and O–H groups in total. The van der Waals surface area contributed by atoms with Gasteiger partial charge in [-0.1, -0.05) is 11.6 Å². The van der Waals surface area contributed by atoms with Gasteiger partial charge in [-0.25, -0.2) is 9.37 Å². The number of halogens is 2. The maximum Gasteiger partial charge on any atom is 0.167 e. The Morgan fingerprint density at radius 3 is 2.78 bits per heavy atom. The van der Waals surface area contributed by atoms with Crippen molar-refractivity contribution in [3.05, 3.63) is 47.0 Å². The second kappa shape index (κ2) is 4.90. The van der Waals surface area contributed by atoms with Gasteiger partial charge in [0.25, 0.3) is 0 Å². The number of nitriles is 1. The molecule has 0 aliphatic heterocycles. The molecule has 0 aliphatic carbocycles. The predicted octanol–water partition coefficient (Wildman–Crippen LogP) is 3.12. The largest absolute Gasteiger partial charge is 0.454 e. The SMILES string of the molecule is N#Cc1cc(Oc2ccc(N)cc2F)cc(Cl)n1. The smallest absolute Gasteiger partial charge is 0.167 e. The van der Waals surface area contributed by atoms with Crippen LogP contribution in [-0.4, -0.2) is 4.98 Å². The number of ether oxygens (including phenoxy) is 1. The Labute approximate surface area is 107 Å². The molecule has 0 radical (unpaired) electrons. The molecule has 4 nitrogen and oxygen atoms in total. The molecule has 0 bridgehead atoms. The molecule has 0 spiro atoms. The molecular formula is C12H7ClFN3O. The van der Waals surface area contributed by atoms with Gasteiger partial charge in [-0.05, 0) is 12.1 Å². The van der Waals surface area contributed by atoms with Gasteiger partial charge in [0.15, 0.2) is 11.6 Å². The van der Waals surface area contributed by atoms with E-state index in [-0.39, 0.29) is 22.3 Å². The van der Waals surface area contributed by atoms with E-state index in [1.54, 1.807) is 0 Å². The Morgan fingerprint density at radius 1 is 1.33 bits per heavy atom. The number of pyridine rings is 1. The summed E-state index contributed by atoms with van der Waals surface area (Å²) in [6, 6.07) is 8.62. The molecule has 18 heavy (non-hydrogen) atoms. The third kappa shape index (κ3) is 2.67. The predicted molar refractivity (Wildman–Crippen MR) is 64.8 cm³/mol. The Kier molecular flexibility index (Phi) is 3.31. The number of nitrogen functional groups attached to an aromatic ring is 1. The minimum absolute atomic E-state index is 0.00430. The van der Waals surface area contributed by atoms with Crippen molar-refractivity contribution in [1.82, 2.24) is 4.98 Å². The average Bonchev–Trinajstić information content (AvgIpc) is 2.32. The van der Waals surface area contributed by atoms with Gasteiger partial charge in [-0.3, -0.25) is 0 Å². The molecule has 0 fully saturated rings. The monoisotopic (exact) mass is 263 g/mol. The fraction of sp³-hybridized carbons (Fsp3) is 0. The summed E-state index contributed by atoms with van der Waals surface area (Å²) in [5, 5.41) is 8.82. The van der Waals surface area contributed by atoms with Crippen molar-refractivity contribution in [1.29, 1.82) is 5.26 Å². The summed E-state index contributed by atoms with van der Waals surface area (Å²) in [6.45, 7) is 0. The molecule has 2 rings (SSSR count). The number of rotatable bonds is 2. The number of anilines is 1. The van der Waals surface area contributed by atoms with Crippen molar-refractivity contribution < 1.29 is 9.13 Å². The molecule has 0 atom stereocenters. The van der Waals surface area contributed by atoms with Gasteiger partial charge < -0.3 is 10.5 Å². The highest BCUT2D eigenvalue weighted by molar-refractivity contribution is 6.29. The minimum atomic E-state index is -0.596. The number of benzene rings is 1. The topological polar surface area (TPSA) is 71.9 Å². The van der Waals surface area contributed by atoms with Gasteiger partial charge in [-0.15, -0.1) is 0 Å². The van der Waals surface area contributed by atoms with E-state index >= 15 is 0 Å². The number of nitrogens with zero attached hydrogens (tertiary/aromatic N) is 2. The van der Waals surface area contributed by atoms with E-state index in [0.29, 0.717) is 5.69 Å². The quantitative estimate of drug-likeness (QED) is 0.667. The molecule has 6 heteroatoms. The second-order valence-electron chi connectivity index (χ2n) is 3.41. The van der Waals surface area contributed by atoms with Crippen LogP contribution in [0, 0.1) is 17.1 Å². The first-order valence-corrected chi connectivity index (χ1v) is 5.27. The van der Waals surface area contributed by atoms with Crippen molar-refractivity contribution in [2.75, 3.05) is 5.73 Å². The minimum Gasteiger partial charge on any atom is -0.454 e. The summed E-state index contributed by atoms with van der Waals surface area (Å²) >= 11 is 5.70. The third-order valence-corrected chi connectivity index (χ3v) is 2.26. The van der Waals surface area contributed by atoms with Gasteiger partial charge in [0.05, 0.1) is 0 Å². The molecule has 1 heterocycles. The second-order valence-corrected chi connectivity index (χ2v) is 3.80. The van der Waals surface area contributed by atoms with E-state index in [0.717, 1.165) is 6.07 Å². The first kappa shape index (κ1) is 12.1. The first-order valence-electron chi connectivity index (χ1n) is 4.89. The van der Waals surface area contributed by atoms with Gasteiger partial charge in [0, 0.05) is 23.9 Å². The molecule has 0 saturated heterocycles. The summed E-state index contributed by atoms with van der Waals surface area (Å²) in [5.74, 6) is -0.368. The Hall–Kier alpha value is -2.32. The highest BCUT2D eigenvalue weighted by Gasteiger charge is 2.07. The van der Waals surface area contributed by atoms with Crippen LogP contribution >= 0.6 is 11.6 Å². The molecule has 0 saturated carbocycles. The van der Waals surface area contributed by atoms with Gasteiger partial charge >= 0.3 is 0 Å². The van der Waals surface area contributed by atoms with Crippen molar-refractivity contribution in [3.63, 3.8) is 0 Å². The molecule has 1 aromatic carbocycles. The zero-order valence-corrected chi connectivity index (χ0v) is 9.78. The van der Waals surface area contributed by atoms with Crippen LogP contribution in [0.5, 0.6) is 11.5 Å². The van der Waals surface area contributed by atoms with Gasteiger partial charge in [0.1, 0.15) is 22.7 Å². The lowest BCUT2D eigenvalue weighted by Crippen LogP contribution is -1.93. The highest BCUT2D eigenvalue weighted by atomic mass is 35.5. The van der Waals surface area contributed by atoms with E-state index in [2.05, 4.69) is 4.98 Å². The molecule has 0 amide bonds. The Bertz CT molecular complexity index is 640. The first-order chi connectivity index (χ1) is 8.58. The molecule has 0 unspecified atom stereocenters. The average molecular weight is 264 g/mol. The maximum absolute atomic E-state index is 13.5. The molecule has 90 valence electrons. The number of aromatic nitrogens is 1. The van der Waals surface area contributed by atoms with Crippen LogP contribution in [0.2, 0.25) is 5.15 Å². The third-order valence-electron chi connectivity index (χ3n) is 2.07. The van der Waals surface area contributed by atoms with Crippen molar-refractivity contribution in [3.8, 4) is 17.6 Å². The summed E-state index contributed by atoms with van der Waals surface area (Å²) in [4.78, 5) is 3.74. The number of nitrogens with two attached hydrogens (primary N) is 1. The zero-order chi connectivity index (χ0) is 13.1. The summed E-state index contributed by atoms with van der Waals surface area (Å²) in [5.41, 5.74) is 5.81. The van der Waals surface area contributed by atoms with Crippen LogP contribution in [0.4, 0.5) is 10.1 Å². The van der Waals surface area contributed by atoms with Crippen LogP contribution < -0.4 is 10.5 Å². The highest BCUT2D eigenvalue weighted by Crippen LogP contribution is 2.27. The summed E-state index contributed by atoms with van der Waals surface area (Å²) < 4.78 is 18.8. The molecule has 0 aliphatic rings. The van der Waals surface area contributed by atoms with Crippen LogP contribution in [0.3, 0.4) is 0 Å². The van der Waals surface area contributed by atoms with E-state index in [4.69, 9.17) is 27.3 Å². The lowest BCUT2D eigenvalue weighted by atomic mass is 10.3. The summed E-state index contributed by atoms with van der Waals surface area (Å²) in [6.07, 6.45) is 0. The lowest BCUT2D eigenvalue weighted by Gasteiger charge is -2.07. The normalized spacial score (nSPS) is 9.83. The van der Waals surface area contributed by atoms with Crippen LogP contribution in [0.1, 0.15) is 5.69 Å². The number of hydrogen-bond donors (Lipinski definition) is 1. The van der Waals surface area contributed by atoms with E-state index in [1.165, 1.54) is 24.3 Å². The molecule has 1 aromatic heterocycles.